The minimum absolute atomic E-state index is 0.0456. The molecule has 0 aromatic heterocycles. The number of rotatable bonds is 6. The molecule has 0 bridgehead atoms. The van der Waals surface area contributed by atoms with Crippen molar-refractivity contribution < 1.29 is 28.7 Å². The van der Waals surface area contributed by atoms with Crippen LogP contribution in [0.1, 0.15) is 31.7 Å². The lowest BCUT2D eigenvalue weighted by atomic mass is 9.85. The predicted octanol–water partition coefficient (Wildman–Crippen LogP) is 3.81. The van der Waals surface area contributed by atoms with E-state index < -0.39 is 11.9 Å². The van der Waals surface area contributed by atoms with E-state index in [-0.39, 0.29) is 42.5 Å². The number of carbonyl (C=O) groups excluding carboxylic acids is 4. The number of aryl methyl sites for hydroxylation is 1. The summed E-state index contributed by atoms with van der Waals surface area (Å²) >= 11 is 0. The molecule has 3 amide bonds. The average Bonchev–Trinajstić information content (AvgIpc) is 3.38. The highest BCUT2D eigenvalue weighted by Crippen LogP contribution is 2.39. The topological polar surface area (TPSA) is 93.2 Å². The molecule has 2 heterocycles. The lowest BCUT2D eigenvalue weighted by Gasteiger charge is -2.20. The van der Waals surface area contributed by atoms with Crippen LogP contribution in [-0.4, -0.2) is 36.8 Å². The van der Waals surface area contributed by atoms with Crippen LogP contribution in [0.15, 0.2) is 54.6 Å². The minimum atomic E-state index is -0.621. The first-order valence-electron chi connectivity index (χ1n) is 12.3. The quantitative estimate of drug-likeness (QED) is 0.266. The van der Waals surface area contributed by atoms with Crippen molar-refractivity contribution >= 4 is 35.1 Å². The number of allylic oxidation sites excluding steroid dienone is 2. The van der Waals surface area contributed by atoms with Crippen LogP contribution in [0.4, 0.5) is 11.4 Å². The van der Waals surface area contributed by atoms with Crippen molar-refractivity contribution in [3.8, 4) is 11.5 Å². The Morgan fingerprint density at radius 3 is 2.33 bits per heavy atom. The Labute approximate surface area is 209 Å². The molecule has 2 aromatic carbocycles. The first-order chi connectivity index (χ1) is 17.4. The molecule has 8 heteroatoms. The lowest BCUT2D eigenvalue weighted by molar-refractivity contribution is -0.139. The number of fused-ring (bicyclic) bond motifs is 1. The van der Waals surface area contributed by atoms with Crippen LogP contribution in [0.25, 0.3) is 0 Å². The standard InChI is InChI=1S/C28H28N2O6/c1-3-35-24-11-7-6-10-23(24)29-16-18(15-25(29)31)28(34)36-19-12-13-22(17(2)14-19)30-26(32)20-8-4-5-9-21(20)27(30)33/h4-7,10-14,18,20-21H,3,8-9,15-16H2,1-2H3/t18-,20+,21+/m1/s1. The van der Waals surface area contributed by atoms with E-state index in [0.717, 1.165) is 0 Å². The predicted molar refractivity (Wildman–Crippen MR) is 133 cm³/mol. The summed E-state index contributed by atoms with van der Waals surface area (Å²) in [5.41, 5.74) is 1.80. The fourth-order valence-electron chi connectivity index (χ4n) is 5.24. The maximum atomic E-state index is 12.9. The van der Waals surface area contributed by atoms with Crippen LogP contribution in [0.2, 0.25) is 0 Å². The number of nitrogens with zero attached hydrogens (tertiary/aromatic N) is 2. The molecule has 2 aliphatic heterocycles. The molecule has 186 valence electrons. The van der Waals surface area contributed by atoms with Gasteiger partial charge in [-0.15, -0.1) is 0 Å². The summed E-state index contributed by atoms with van der Waals surface area (Å²) in [7, 11) is 0. The molecule has 0 N–H and O–H groups in total. The number of esters is 1. The zero-order chi connectivity index (χ0) is 25.4. The van der Waals surface area contributed by atoms with Gasteiger partial charge in [-0.2, -0.15) is 0 Å². The number of carbonyl (C=O) groups is 4. The molecule has 2 fully saturated rings. The van der Waals surface area contributed by atoms with Crippen molar-refractivity contribution in [1.29, 1.82) is 0 Å². The number of ether oxygens (including phenoxy) is 2. The Hall–Kier alpha value is -3.94. The zero-order valence-electron chi connectivity index (χ0n) is 20.3. The first kappa shape index (κ1) is 23.8. The molecule has 3 aliphatic rings. The van der Waals surface area contributed by atoms with E-state index in [9.17, 15) is 19.2 Å². The van der Waals surface area contributed by atoms with Crippen molar-refractivity contribution in [2.75, 3.05) is 23.0 Å². The summed E-state index contributed by atoms with van der Waals surface area (Å²) in [6.07, 6.45) is 5.11. The zero-order valence-corrected chi connectivity index (χ0v) is 20.3. The van der Waals surface area contributed by atoms with E-state index >= 15 is 0 Å². The number of hydrogen-bond acceptors (Lipinski definition) is 6. The van der Waals surface area contributed by atoms with Gasteiger partial charge in [-0.25, -0.2) is 4.90 Å². The summed E-state index contributed by atoms with van der Waals surface area (Å²) in [5.74, 6) is -1.38. The lowest BCUT2D eigenvalue weighted by Crippen LogP contribution is -2.31. The third kappa shape index (κ3) is 4.17. The second kappa shape index (κ2) is 9.60. The van der Waals surface area contributed by atoms with E-state index in [2.05, 4.69) is 0 Å². The maximum absolute atomic E-state index is 12.9. The SMILES string of the molecule is CCOc1ccccc1N1C[C@H](C(=O)Oc2ccc(N3C(=O)[C@H]4CC=CC[C@@H]4C3=O)c(C)c2)CC1=O. The maximum Gasteiger partial charge on any atom is 0.316 e. The van der Waals surface area contributed by atoms with Gasteiger partial charge in [0.25, 0.3) is 0 Å². The van der Waals surface area contributed by atoms with Crippen molar-refractivity contribution in [2.45, 2.75) is 33.1 Å². The van der Waals surface area contributed by atoms with Crippen LogP contribution >= 0.6 is 0 Å². The van der Waals surface area contributed by atoms with Gasteiger partial charge in [0.2, 0.25) is 17.7 Å². The number of para-hydroxylation sites is 2. The molecular formula is C28H28N2O6. The van der Waals surface area contributed by atoms with Crippen LogP contribution < -0.4 is 19.3 Å². The molecule has 2 aromatic rings. The molecule has 8 nitrogen and oxygen atoms in total. The number of amides is 3. The number of anilines is 2. The molecule has 2 saturated heterocycles. The average molecular weight is 489 g/mol. The first-order valence-corrected chi connectivity index (χ1v) is 12.3. The Bertz CT molecular complexity index is 1240. The second-order valence-electron chi connectivity index (χ2n) is 9.34. The van der Waals surface area contributed by atoms with Crippen LogP contribution in [0.5, 0.6) is 11.5 Å². The smallest absolute Gasteiger partial charge is 0.316 e. The highest BCUT2D eigenvalue weighted by molar-refractivity contribution is 6.22. The summed E-state index contributed by atoms with van der Waals surface area (Å²) in [4.78, 5) is 54.3. The van der Waals surface area contributed by atoms with Crippen LogP contribution in [0, 0.1) is 24.7 Å². The highest BCUT2D eigenvalue weighted by atomic mass is 16.5. The molecule has 36 heavy (non-hydrogen) atoms. The van der Waals surface area contributed by atoms with Gasteiger partial charge in [0, 0.05) is 13.0 Å². The Morgan fingerprint density at radius 1 is 0.972 bits per heavy atom. The molecule has 0 saturated carbocycles. The minimum Gasteiger partial charge on any atom is -0.492 e. The van der Waals surface area contributed by atoms with E-state index in [0.29, 0.717) is 47.9 Å². The third-order valence-electron chi connectivity index (χ3n) is 7.05. The molecule has 0 spiro atoms. The van der Waals surface area contributed by atoms with Gasteiger partial charge in [-0.05, 0) is 62.6 Å². The van der Waals surface area contributed by atoms with E-state index in [1.54, 1.807) is 42.2 Å². The van der Waals surface area contributed by atoms with E-state index in [1.165, 1.54) is 4.90 Å². The molecule has 0 radical (unpaired) electrons. The Balaban J connectivity index is 1.28. The van der Waals surface area contributed by atoms with Crippen molar-refractivity contribution in [1.82, 2.24) is 0 Å². The van der Waals surface area contributed by atoms with Gasteiger partial charge in [0.1, 0.15) is 11.5 Å². The van der Waals surface area contributed by atoms with Crippen molar-refractivity contribution in [2.24, 2.45) is 17.8 Å². The summed E-state index contributed by atoms with van der Waals surface area (Å²) in [6, 6.07) is 12.1. The number of benzene rings is 2. The van der Waals surface area contributed by atoms with Crippen molar-refractivity contribution in [3.05, 3.63) is 60.2 Å². The molecule has 3 atom stereocenters. The van der Waals surface area contributed by atoms with Gasteiger partial charge in [-0.1, -0.05) is 24.3 Å². The highest BCUT2D eigenvalue weighted by Gasteiger charge is 2.48. The summed E-state index contributed by atoms with van der Waals surface area (Å²) in [6.45, 7) is 4.31. The van der Waals surface area contributed by atoms with Gasteiger partial charge in [-0.3, -0.25) is 19.2 Å². The van der Waals surface area contributed by atoms with Gasteiger partial charge >= 0.3 is 5.97 Å². The van der Waals surface area contributed by atoms with E-state index in [1.807, 2.05) is 31.2 Å². The Morgan fingerprint density at radius 2 is 1.67 bits per heavy atom. The van der Waals surface area contributed by atoms with Crippen LogP contribution in [0.3, 0.4) is 0 Å². The van der Waals surface area contributed by atoms with Gasteiger partial charge in [0.15, 0.2) is 0 Å². The molecule has 0 unspecified atom stereocenters. The molecule has 5 rings (SSSR count). The van der Waals surface area contributed by atoms with Gasteiger partial charge in [0.05, 0.1) is 35.7 Å². The number of imide groups is 1. The van der Waals surface area contributed by atoms with Crippen molar-refractivity contribution in [3.63, 3.8) is 0 Å². The molecule has 1 aliphatic carbocycles. The third-order valence-corrected chi connectivity index (χ3v) is 7.05. The Kier molecular flexibility index (Phi) is 6.35. The normalized spacial score (nSPS) is 23.3. The summed E-state index contributed by atoms with van der Waals surface area (Å²) in [5, 5.41) is 0. The number of hydrogen-bond donors (Lipinski definition) is 0. The fraction of sp³-hybridized carbons (Fsp3) is 0.357. The second-order valence-corrected chi connectivity index (χ2v) is 9.34. The van der Waals surface area contributed by atoms with Crippen LogP contribution in [-0.2, 0) is 19.2 Å². The molecular weight excluding hydrogens is 460 g/mol. The van der Waals surface area contributed by atoms with Gasteiger partial charge < -0.3 is 14.4 Å². The summed E-state index contributed by atoms with van der Waals surface area (Å²) < 4.78 is 11.2. The fourth-order valence-corrected chi connectivity index (χ4v) is 5.24. The largest absolute Gasteiger partial charge is 0.492 e. The van der Waals surface area contributed by atoms with E-state index in [4.69, 9.17) is 9.47 Å². The monoisotopic (exact) mass is 488 g/mol.